The summed E-state index contributed by atoms with van der Waals surface area (Å²) in [5.41, 5.74) is 2.06. The minimum absolute atomic E-state index is 0.227. The number of hydrogen-bond donors (Lipinski definition) is 2. The molecule has 0 amide bonds. The maximum absolute atomic E-state index is 13.4. The topological polar surface area (TPSA) is 85.3 Å². The van der Waals surface area contributed by atoms with Crippen molar-refractivity contribution < 1.29 is 8.78 Å². The van der Waals surface area contributed by atoms with Gasteiger partial charge in [0.05, 0.1) is 0 Å². The number of fused-ring (bicyclic) bond motifs is 2. The Morgan fingerprint density at radius 2 is 1.97 bits per heavy atom. The lowest BCUT2D eigenvalue weighted by molar-refractivity contribution is -0.00880. The molecule has 11 heteroatoms. The molecule has 6 rings (SSSR count). The number of nitrogens with one attached hydrogen (secondary N) is 2. The molecule has 6 heterocycles. The van der Waals surface area contributed by atoms with Gasteiger partial charge in [-0.15, -0.1) is 0 Å². The first kappa shape index (κ1) is 27.1. The van der Waals surface area contributed by atoms with Crippen LogP contribution in [0.2, 0.25) is 0 Å². The average Bonchev–Trinajstić information content (AvgIpc) is 3.31. The van der Waals surface area contributed by atoms with Gasteiger partial charge in [-0.3, -0.25) is 20.0 Å². The van der Waals surface area contributed by atoms with Gasteiger partial charge in [-0.25, -0.2) is 4.98 Å². The molecule has 0 aromatic carbocycles. The number of allylic oxidation sites excluding steroid dienone is 2. The lowest BCUT2D eigenvalue weighted by Gasteiger charge is -2.56. The van der Waals surface area contributed by atoms with Gasteiger partial charge in [-0.2, -0.15) is 13.9 Å². The fourth-order valence-corrected chi connectivity index (χ4v) is 5.31. The molecule has 2 bridgehead atoms. The van der Waals surface area contributed by atoms with Crippen molar-refractivity contribution >= 4 is 26.6 Å². The van der Waals surface area contributed by atoms with Gasteiger partial charge in [0.1, 0.15) is 11.5 Å². The van der Waals surface area contributed by atoms with Gasteiger partial charge in [-0.1, -0.05) is 21.9 Å². The fourth-order valence-electron chi connectivity index (χ4n) is 5.14. The predicted octanol–water partition coefficient (Wildman–Crippen LogP) is 5.23. The number of anilines is 2. The quantitative estimate of drug-likeness (QED) is 0.216. The minimum atomic E-state index is -3.00. The first-order valence-electron chi connectivity index (χ1n) is 12.9. The summed E-state index contributed by atoms with van der Waals surface area (Å²) in [7, 11) is 1.53. The number of piperazine rings is 1. The number of halogens is 2. The van der Waals surface area contributed by atoms with E-state index in [-0.39, 0.29) is 5.69 Å². The van der Waals surface area contributed by atoms with E-state index in [1.807, 2.05) is 39.1 Å². The lowest BCUT2D eigenvalue weighted by atomic mass is 9.87. The Balaban J connectivity index is 1.16. The zero-order chi connectivity index (χ0) is 27.7. The van der Waals surface area contributed by atoms with E-state index in [0.717, 1.165) is 65.9 Å². The van der Waals surface area contributed by atoms with Crippen LogP contribution in [-0.2, 0) is 12.2 Å². The summed E-state index contributed by atoms with van der Waals surface area (Å²) in [6.45, 7) is 12.4. The van der Waals surface area contributed by atoms with E-state index in [2.05, 4.69) is 49.0 Å². The second-order valence-corrected chi connectivity index (χ2v) is 11.0. The molecular weight excluding hydrogens is 517 g/mol. The molecule has 39 heavy (non-hydrogen) atoms. The highest BCUT2D eigenvalue weighted by Gasteiger charge is 2.44. The van der Waals surface area contributed by atoms with E-state index >= 15 is 0 Å². The molecule has 3 aliphatic rings. The number of aryl methyl sites for hydroxylation is 1. The third-order valence-corrected chi connectivity index (χ3v) is 7.38. The number of aromatic amines is 1. The summed E-state index contributed by atoms with van der Waals surface area (Å²) in [4.78, 5) is 18.1. The molecule has 3 fully saturated rings. The third-order valence-electron chi connectivity index (χ3n) is 7.09. The van der Waals surface area contributed by atoms with E-state index in [0.29, 0.717) is 17.8 Å². The number of aromatic nitrogens is 4. The van der Waals surface area contributed by atoms with Crippen molar-refractivity contribution in [3.8, 4) is 0 Å². The molecule has 3 atom stereocenters. The van der Waals surface area contributed by atoms with E-state index in [9.17, 15) is 8.78 Å². The number of nitrogens with zero attached hydrogens (tertiary/aromatic N) is 6. The molecule has 0 saturated carbocycles. The molecule has 8 nitrogen and oxygen atoms in total. The van der Waals surface area contributed by atoms with Crippen LogP contribution in [0.3, 0.4) is 0 Å². The van der Waals surface area contributed by atoms with Crippen molar-refractivity contribution in [3.63, 3.8) is 0 Å². The molecule has 3 aliphatic heterocycles. The summed E-state index contributed by atoms with van der Waals surface area (Å²) < 4.78 is 26.8. The third kappa shape index (κ3) is 6.40. The van der Waals surface area contributed by atoms with Crippen LogP contribution in [-0.4, -0.2) is 56.0 Å². The number of piperidine rings is 1. The Bertz CT molecular complexity index is 1380. The molecule has 3 aromatic heterocycles. The second-order valence-electron chi connectivity index (χ2n) is 10.3. The van der Waals surface area contributed by atoms with Crippen LogP contribution in [0.15, 0.2) is 71.8 Å². The Morgan fingerprint density at radius 1 is 1.21 bits per heavy atom. The van der Waals surface area contributed by atoms with Crippen molar-refractivity contribution in [1.29, 1.82) is 0 Å². The van der Waals surface area contributed by atoms with Crippen molar-refractivity contribution in [2.24, 2.45) is 4.99 Å². The summed E-state index contributed by atoms with van der Waals surface area (Å²) in [6, 6.07) is 10.0. The van der Waals surface area contributed by atoms with Crippen LogP contribution in [0.25, 0.3) is 0 Å². The summed E-state index contributed by atoms with van der Waals surface area (Å²) in [6.07, 6.45) is 6.45. The molecular formula is C28H33F2N8P. The highest BCUT2D eigenvalue weighted by molar-refractivity contribution is 7.17. The molecule has 0 radical (unpaired) electrons. The summed E-state index contributed by atoms with van der Waals surface area (Å²) in [5, 5.41) is 10.2. The van der Waals surface area contributed by atoms with Gasteiger partial charge in [-0.05, 0) is 57.0 Å². The maximum atomic E-state index is 13.4. The number of H-pyrrole nitrogens is 1. The minimum Gasteiger partial charge on any atom is -0.353 e. The SMILES string of the molecule is C=C(/C=C(/C)N=C(C)c1ccc(N2CC3CC(C2)N3Cc2ccc(C(F)(F)P)nc2)nc1)Nc1cc(C)[nH]n1. The smallest absolute Gasteiger partial charge is 0.300 e. The van der Waals surface area contributed by atoms with Gasteiger partial charge in [0.15, 0.2) is 5.82 Å². The van der Waals surface area contributed by atoms with Gasteiger partial charge >= 0.3 is 0 Å². The molecule has 2 N–H and O–H groups in total. The molecule has 3 aromatic rings. The van der Waals surface area contributed by atoms with E-state index in [1.165, 1.54) is 15.3 Å². The van der Waals surface area contributed by atoms with Crippen LogP contribution in [0.1, 0.15) is 42.8 Å². The monoisotopic (exact) mass is 550 g/mol. The highest BCUT2D eigenvalue weighted by Crippen LogP contribution is 2.36. The van der Waals surface area contributed by atoms with Crippen LogP contribution in [0.5, 0.6) is 0 Å². The number of hydrogen-bond acceptors (Lipinski definition) is 7. The van der Waals surface area contributed by atoms with E-state index < -0.39 is 5.66 Å². The van der Waals surface area contributed by atoms with Gasteiger partial charge in [0.25, 0.3) is 5.66 Å². The second kappa shape index (κ2) is 10.9. The summed E-state index contributed by atoms with van der Waals surface area (Å²) >= 11 is 0. The van der Waals surface area contributed by atoms with E-state index in [1.54, 1.807) is 12.3 Å². The standard InChI is InChI=1S/C28H33F2N8P/c1-17(9-18(2)34-26-10-19(3)35-36-26)33-20(4)22-6-8-27(32-13-22)37-15-23-11-24(16-37)38(23)14-21-5-7-25(31-12-21)28(29,30)39/h5-10,12-13,23-24H,2,11,14-16,39H2,1,3-4H3,(H2,34,35,36)/b17-9-,33-20?. The van der Waals surface area contributed by atoms with Crippen molar-refractivity contribution in [2.75, 3.05) is 23.3 Å². The number of alkyl halides is 2. The van der Waals surface area contributed by atoms with Gasteiger partial charge in [0, 0.05) is 78.5 Å². The van der Waals surface area contributed by atoms with Crippen molar-refractivity contribution in [1.82, 2.24) is 25.1 Å². The number of aliphatic imine (C=N–C) groups is 1. The Kier molecular flexibility index (Phi) is 7.60. The van der Waals surface area contributed by atoms with Crippen molar-refractivity contribution in [2.45, 2.75) is 51.5 Å². The zero-order valence-corrected chi connectivity index (χ0v) is 23.5. The van der Waals surface area contributed by atoms with Crippen LogP contribution in [0.4, 0.5) is 20.4 Å². The number of rotatable bonds is 9. The fraction of sp³-hybridized carbons (Fsp3) is 0.357. The van der Waals surface area contributed by atoms with Crippen molar-refractivity contribution in [3.05, 3.63) is 89.3 Å². The molecule has 0 aliphatic carbocycles. The normalized spacial score (nSPS) is 20.1. The lowest BCUT2D eigenvalue weighted by Crippen LogP contribution is -2.68. The molecule has 3 unspecified atom stereocenters. The maximum Gasteiger partial charge on any atom is 0.300 e. The zero-order valence-electron chi connectivity index (χ0n) is 22.3. The van der Waals surface area contributed by atoms with Crippen LogP contribution < -0.4 is 10.2 Å². The molecule has 204 valence electrons. The Labute approximate surface area is 229 Å². The largest absolute Gasteiger partial charge is 0.353 e. The number of pyridine rings is 2. The highest BCUT2D eigenvalue weighted by atomic mass is 31.0. The average molecular weight is 551 g/mol. The van der Waals surface area contributed by atoms with Crippen LogP contribution >= 0.6 is 9.24 Å². The first-order chi connectivity index (χ1) is 18.5. The molecule has 3 saturated heterocycles. The Hall–Kier alpha value is -3.49. The first-order valence-corrected chi connectivity index (χ1v) is 13.4. The van der Waals surface area contributed by atoms with Gasteiger partial charge in [0.2, 0.25) is 0 Å². The van der Waals surface area contributed by atoms with E-state index in [4.69, 9.17) is 9.98 Å². The van der Waals surface area contributed by atoms with Gasteiger partial charge < -0.3 is 10.2 Å². The molecule has 0 spiro atoms. The van der Waals surface area contributed by atoms with Crippen LogP contribution in [0, 0.1) is 6.92 Å². The Morgan fingerprint density at radius 3 is 2.56 bits per heavy atom. The predicted molar refractivity (Wildman–Crippen MR) is 154 cm³/mol. The summed E-state index contributed by atoms with van der Waals surface area (Å²) in [5.74, 6) is 1.67.